The van der Waals surface area contributed by atoms with E-state index in [9.17, 15) is 19.2 Å². The van der Waals surface area contributed by atoms with Gasteiger partial charge in [0.1, 0.15) is 44.7 Å². The summed E-state index contributed by atoms with van der Waals surface area (Å²) in [6.45, 7) is 18.9. The third kappa shape index (κ3) is 10.4. The van der Waals surface area contributed by atoms with Crippen LogP contribution in [0.25, 0.3) is 187 Å². The van der Waals surface area contributed by atoms with Gasteiger partial charge in [-0.3, -0.25) is 0 Å². The van der Waals surface area contributed by atoms with Crippen molar-refractivity contribution in [1.82, 2.24) is 9.13 Å². The highest BCUT2D eigenvalue weighted by molar-refractivity contribution is 7.00. The van der Waals surface area contributed by atoms with Crippen LogP contribution >= 0.6 is 0 Å². The molecule has 0 amide bonds. The van der Waals surface area contributed by atoms with Crippen LogP contribution in [0.1, 0.15) is 98.2 Å². The van der Waals surface area contributed by atoms with Crippen LogP contribution in [-0.4, -0.2) is 15.8 Å². The fourth-order valence-electron chi connectivity index (χ4n) is 19.9. The van der Waals surface area contributed by atoms with Gasteiger partial charge in [-0.25, -0.2) is 0 Å². The Morgan fingerprint density at radius 1 is 0.285 bits per heavy atom. The van der Waals surface area contributed by atoms with Crippen molar-refractivity contribution in [2.24, 2.45) is 0 Å². The number of anilines is 6. The predicted molar refractivity (Wildman–Crippen MR) is 516 cm³/mol. The molecule has 0 aliphatic carbocycles. The summed E-state index contributed by atoms with van der Waals surface area (Å²) >= 11 is 0. The fraction of sp³-hybridized carbons (Fsp3) is 0.105. The van der Waals surface area contributed by atoms with E-state index >= 15 is 0 Å². The van der Waals surface area contributed by atoms with E-state index in [4.69, 9.17) is 17.7 Å². The molecule has 23 aromatic rings. The normalized spacial score (nSPS) is 14.8. The number of nitrogens with zero attached hydrogens (tertiary/aromatic N) is 4. The molecule has 8 nitrogen and oxygen atoms in total. The first-order chi connectivity index (χ1) is 65.8. The van der Waals surface area contributed by atoms with Crippen molar-refractivity contribution in [3.05, 3.63) is 356 Å². The molecule has 0 atom stereocenters. The Balaban J connectivity index is 0.907. The van der Waals surface area contributed by atoms with E-state index in [0.717, 1.165) is 87.5 Å². The van der Waals surface area contributed by atoms with Gasteiger partial charge in [-0.15, -0.1) is 0 Å². The second-order valence-corrected chi connectivity index (χ2v) is 35.9. The van der Waals surface area contributed by atoms with E-state index in [0.29, 0.717) is 112 Å². The summed E-state index contributed by atoms with van der Waals surface area (Å²) in [5.41, 5.74) is 16.8. The highest BCUT2D eigenvalue weighted by Gasteiger charge is 2.48. The van der Waals surface area contributed by atoms with E-state index in [2.05, 4.69) is 169 Å². The Kier molecular flexibility index (Phi) is 12.2. The van der Waals surface area contributed by atoms with Crippen molar-refractivity contribution >= 4 is 189 Å². The number of benzene rings is 17. The highest BCUT2D eigenvalue weighted by Crippen LogP contribution is 2.59. The largest absolute Gasteiger partial charge is 0.456 e. The van der Waals surface area contributed by atoms with Crippen molar-refractivity contribution in [2.45, 2.75) is 78.6 Å². The van der Waals surface area contributed by atoms with Crippen LogP contribution in [0.3, 0.4) is 0 Å². The fourth-order valence-corrected chi connectivity index (χ4v) is 19.9. The first-order valence-corrected chi connectivity index (χ1v) is 41.8. The van der Waals surface area contributed by atoms with Gasteiger partial charge in [-0.05, 0) is 163 Å². The summed E-state index contributed by atoms with van der Waals surface area (Å²) in [6.07, 6.45) is 0. The topological polar surface area (TPSA) is 68.9 Å². The highest BCUT2D eigenvalue weighted by atomic mass is 16.3. The monoisotopic (exact) mass is 1600 g/mol. The zero-order valence-electron chi connectivity index (χ0n) is 82.7. The lowest BCUT2D eigenvalue weighted by atomic mass is 9.33. The van der Waals surface area contributed by atoms with Gasteiger partial charge in [0.05, 0.1) is 63.4 Å². The lowest BCUT2D eigenvalue weighted by Gasteiger charge is -2.46. The Morgan fingerprint density at radius 3 is 1.17 bits per heavy atom. The summed E-state index contributed by atoms with van der Waals surface area (Å²) < 4.78 is 174. The van der Waals surface area contributed by atoms with Gasteiger partial charge in [0.25, 0.3) is 6.71 Å². The summed E-state index contributed by atoms with van der Waals surface area (Å²) in [5.74, 6) is 0. The predicted octanol–water partition coefficient (Wildman–Crippen LogP) is 30.1. The van der Waals surface area contributed by atoms with E-state index < -0.39 is 71.3 Å². The van der Waals surface area contributed by atoms with Crippen LogP contribution in [0.2, 0.25) is 0 Å². The van der Waals surface area contributed by atoms with Crippen molar-refractivity contribution in [1.29, 1.82) is 0 Å². The van der Waals surface area contributed by atoms with Gasteiger partial charge in [0.15, 0.2) is 0 Å². The zero-order chi connectivity index (χ0) is 94.6. The molecule has 17 aromatic carbocycles. The quantitative estimate of drug-likeness (QED) is 0.141. The molecule has 25 rings (SSSR count). The van der Waals surface area contributed by atoms with Crippen LogP contribution in [0.15, 0.2) is 357 Å². The van der Waals surface area contributed by atoms with Crippen molar-refractivity contribution in [2.75, 3.05) is 9.80 Å². The van der Waals surface area contributed by atoms with Gasteiger partial charge in [0.2, 0.25) is 0 Å². The van der Waals surface area contributed by atoms with Gasteiger partial charge >= 0.3 is 0 Å². The first kappa shape index (κ1) is 58.2. The SMILES string of the molecule is [2H]c1c([2H])c([2H])c2c(c1[2H])c1c([2H])c(-c3ccccc3)c([2H])c([2H])c1n2-c1ccc2c(c1)N(c1c(-c3cccc4c3oc3ccccc34)cc(C(C)(C)C)c3oc4ccccc4c13)c1cc(C(C)(C)C)cc3c1B2c1ccc(-n2c4c([2H])c([2H])c([2H])c([2H])c4c4c([2H])c([2H])c(-c5ccccc5)c([2H])c42)cc1N3c1c(-c2cccc3c2oc2ccccc23)cc(C(C)(C)C)c2oc3ccccc3c12. The number of furan rings is 4. The number of fused-ring (bicyclic) bond motifs is 22. The van der Waals surface area contributed by atoms with Gasteiger partial charge in [0, 0.05) is 121 Å². The summed E-state index contributed by atoms with van der Waals surface area (Å²) in [4.78, 5) is 4.71. The third-order valence-corrected chi connectivity index (χ3v) is 25.6. The molecule has 0 fully saturated rings. The van der Waals surface area contributed by atoms with Crippen molar-refractivity contribution in [3.8, 4) is 55.9 Å². The molecule has 0 N–H and O–H groups in total. The summed E-state index contributed by atoms with van der Waals surface area (Å²) in [5, 5.41) is 6.68. The number of para-hydroxylation sites is 8. The van der Waals surface area contributed by atoms with E-state index in [1.165, 1.54) is 0 Å². The third-order valence-electron chi connectivity index (χ3n) is 25.6. The average molecular weight is 1600 g/mol. The molecule has 0 spiro atoms. The average Bonchev–Trinajstić information content (AvgIpc) is 1.64. The minimum atomic E-state index is -0.858. The molecule has 586 valence electrons. The van der Waals surface area contributed by atoms with Crippen LogP contribution in [0.4, 0.5) is 34.1 Å². The lowest BCUT2D eigenvalue weighted by molar-refractivity contribution is 0.572. The van der Waals surface area contributed by atoms with Crippen molar-refractivity contribution < 1.29 is 36.9 Å². The van der Waals surface area contributed by atoms with Gasteiger partial charge in [-0.1, -0.05) is 299 Å². The van der Waals surface area contributed by atoms with Gasteiger partial charge < -0.3 is 36.6 Å². The standard InChI is InChI=1S/C114H83BN4O4/c1-112(2,3)70-60-97-105-98(61-70)119(107-86(81-43-29-41-79-77-37-19-25-47-100(77)121-109(79)81)65-88(114(7,8)9)111-104(107)83-39-21-27-49-102(83)123-111)96-63-72(117-91-44-22-16-34-73(91)75-54-50-69(59-94(75)117)67-32-14-11-15-33-67)53-56-90(96)115(105)89-55-52-71(116-92-45-23-17-35-74(92)84-58-68(51-57-93(84)116)66-30-12-10-13-31-66)62-95(89)118(97)106-85(80-42-28-40-78-76-36-18-24-46-99(76)120-108(78)80)64-87(113(4,5)6)110-103(106)82-38-20-26-48-101(82)122-110/h10-65H,1-9H3/i16D,17D,22D,23D,34D,35D,44D,45D,50D,51D,54D,57D,58D,59D. The van der Waals surface area contributed by atoms with Crippen molar-refractivity contribution in [3.63, 3.8) is 0 Å². The van der Waals surface area contributed by atoms with Crippen LogP contribution in [0, 0.1) is 0 Å². The second kappa shape index (κ2) is 25.9. The number of hydrogen-bond acceptors (Lipinski definition) is 6. The Hall–Kier alpha value is -14.8. The smallest absolute Gasteiger partial charge is 0.252 e. The number of aromatic nitrogens is 2. The van der Waals surface area contributed by atoms with E-state index in [1.54, 1.807) is 45.5 Å². The zero-order valence-corrected chi connectivity index (χ0v) is 68.7. The molecular weight excluding hydrogens is 1500 g/mol. The summed E-state index contributed by atoms with van der Waals surface area (Å²) in [6, 6.07) is 78.5. The molecule has 6 aromatic heterocycles. The molecule has 8 heterocycles. The Labute approximate surface area is 731 Å². The summed E-state index contributed by atoms with van der Waals surface area (Å²) in [7, 11) is 0. The molecule has 0 saturated carbocycles. The Bertz CT molecular complexity index is 9360. The maximum absolute atomic E-state index is 10.7. The minimum absolute atomic E-state index is 0.000545. The number of rotatable bonds is 8. The lowest BCUT2D eigenvalue weighted by Crippen LogP contribution is -2.61. The maximum Gasteiger partial charge on any atom is 0.252 e. The molecule has 2 aliphatic rings. The molecular formula is C114H83BN4O4. The van der Waals surface area contributed by atoms with Crippen LogP contribution in [0.5, 0.6) is 0 Å². The second-order valence-electron chi connectivity index (χ2n) is 35.9. The molecule has 0 saturated heterocycles. The van der Waals surface area contributed by atoms with Crippen LogP contribution < -0.4 is 26.2 Å². The van der Waals surface area contributed by atoms with Gasteiger partial charge in [-0.2, -0.15) is 0 Å². The molecule has 0 bridgehead atoms. The Morgan fingerprint density at radius 2 is 0.683 bits per heavy atom. The minimum Gasteiger partial charge on any atom is -0.456 e. The first-order valence-electron chi connectivity index (χ1n) is 48.8. The molecule has 123 heavy (non-hydrogen) atoms. The molecule has 9 heteroatoms. The molecule has 2 aliphatic heterocycles. The number of hydrogen-bond donors (Lipinski definition) is 0. The maximum atomic E-state index is 10.7. The molecule has 0 unspecified atom stereocenters. The molecule has 0 radical (unpaired) electrons. The van der Waals surface area contributed by atoms with E-state index in [-0.39, 0.29) is 91.0 Å². The van der Waals surface area contributed by atoms with E-state index in [1.807, 2.05) is 121 Å². The van der Waals surface area contributed by atoms with Crippen LogP contribution in [-0.2, 0) is 16.2 Å².